The fourth-order valence-corrected chi connectivity index (χ4v) is 5.49. The molecule has 6 nitrogen and oxygen atoms in total. The summed E-state index contributed by atoms with van der Waals surface area (Å²) in [6, 6.07) is 6.36. The van der Waals surface area contributed by atoms with Crippen LogP contribution < -0.4 is 14.8 Å². The summed E-state index contributed by atoms with van der Waals surface area (Å²) < 4.78 is 17.2. The number of carbonyl (C=O) groups is 1. The molecule has 2 unspecified atom stereocenters. The highest BCUT2D eigenvalue weighted by atomic mass is 35.5. The molecule has 2 aliphatic carbocycles. The number of nitrogens with zero attached hydrogens (tertiary/aromatic N) is 1. The molecule has 1 amide bonds. The lowest BCUT2D eigenvalue weighted by Gasteiger charge is -2.26. The van der Waals surface area contributed by atoms with Gasteiger partial charge in [0, 0.05) is 29.5 Å². The van der Waals surface area contributed by atoms with E-state index in [1.807, 2.05) is 12.1 Å². The number of nitrogens with one attached hydrogen (secondary N) is 1. The smallest absolute Gasteiger partial charge is 0.246 e. The molecule has 3 atom stereocenters. The highest BCUT2D eigenvalue weighted by molar-refractivity contribution is 6.40. The van der Waals surface area contributed by atoms with Crippen LogP contribution in [0.5, 0.6) is 11.5 Å². The summed E-state index contributed by atoms with van der Waals surface area (Å²) in [5.41, 5.74) is 1.26. The molecule has 33 heavy (non-hydrogen) atoms. The third kappa shape index (κ3) is 5.51. The topological polar surface area (TPSA) is 60.0 Å². The van der Waals surface area contributed by atoms with E-state index in [1.54, 1.807) is 6.08 Å². The average molecular weight is 493 g/mol. The highest BCUT2D eigenvalue weighted by Crippen LogP contribution is 2.50. The van der Waals surface area contributed by atoms with Gasteiger partial charge in [0.1, 0.15) is 19.8 Å². The first-order valence-corrected chi connectivity index (χ1v) is 12.5. The molecule has 0 aromatic heterocycles. The lowest BCUT2D eigenvalue weighted by Crippen LogP contribution is -2.38. The van der Waals surface area contributed by atoms with Gasteiger partial charge >= 0.3 is 0 Å². The van der Waals surface area contributed by atoms with E-state index in [2.05, 4.69) is 22.3 Å². The Morgan fingerprint density at radius 2 is 1.97 bits per heavy atom. The van der Waals surface area contributed by atoms with Gasteiger partial charge in [0.05, 0.1) is 11.1 Å². The number of benzene rings is 1. The summed E-state index contributed by atoms with van der Waals surface area (Å²) in [7, 11) is 0. The monoisotopic (exact) mass is 492 g/mol. The first kappa shape index (κ1) is 23.0. The molecule has 2 aliphatic heterocycles. The number of halogens is 2. The standard InChI is InChI=1S/C25H30Cl2N2O4/c26-19-5-4-18(12-20(19)27)33-15-24(30)28-23-14-25(23,16-29-7-1-2-8-29)13-17-3-6-21-22(11-17)32-10-9-31-21/h3-6,11,18,23H,1-2,7-10,12-16H2,(H,28,30)/t18?,23-,25?/m1/s1. The number of fused-ring (bicyclic) bond motifs is 1. The van der Waals surface area contributed by atoms with Gasteiger partial charge in [0.2, 0.25) is 5.91 Å². The first-order valence-electron chi connectivity index (χ1n) is 11.7. The number of hydrogen-bond donors (Lipinski definition) is 1. The summed E-state index contributed by atoms with van der Waals surface area (Å²) in [5, 5.41) is 4.32. The molecule has 1 aromatic rings. The number of amides is 1. The number of carbonyl (C=O) groups excluding carboxylic acids is 1. The van der Waals surface area contributed by atoms with Gasteiger partial charge in [0.25, 0.3) is 0 Å². The Morgan fingerprint density at radius 3 is 2.76 bits per heavy atom. The average Bonchev–Trinajstić information content (AvgIpc) is 3.19. The van der Waals surface area contributed by atoms with Crippen LogP contribution in [0.3, 0.4) is 0 Å². The maximum atomic E-state index is 12.7. The van der Waals surface area contributed by atoms with Crippen LogP contribution in [0.4, 0.5) is 0 Å². The van der Waals surface area contributed by atoms with Gasteiger partial charge < -0.3 is 24.4 Å². The maximum Gasteiger partial charge on any atom is 0.246 e. The lowest BCUT2D eigenvalue weighted by molar-refractivity contribution is -0.127. The van der Waals surface area contributed by atoms with Crippen molar-refractivity contribution >= 4 is 29.1 Å². The number of ether oxygens (including phenoxy) is 3. The second kappa shape index (κ2) is 9.87. The summed E-state index contributed by atoms with van der Waals surface area (Å²) in [4.78, 5) is 15.2. The van der Waals surface area contributed by atoms with Crippen LogP contribution in [-0.4, -0.2) is 62.4 Å². The van der Waals surface area contributed by atoms with Gasteiger partial charge in [-0.15, -0.1) is 0 Å². The largest absolute Gasteiger partial charge is 0.486 e. The minimum Gasteiger partial charge on any atom is -0.486 e. The molecule has 8 heteroatoms. The quantitative estimate of drug-likeness (QED) is 0.593. The van der Waals surface area contributed by atoms with Crippen molar-refractivity contribution < 1.29 is 19.0 Å². The van der Waals surface area contributed by atoms with Gasteiger partial charge in [-0.3, -0.25) is 4.79 Å². The Hall–Kier alpha value is -1.73. The van der Waals surface area contributed by atoms with E-state index in [4.69, 9.17) is 37.4 Å². The zero-order chi connectivity index (χ0) is 22.8. The number of hydrogen-bond acceptors (Lipinski definition) is 5. The van der Waals surface area contributed by atoms with Crippen LogP contribution in [-0.2, 0) is 16.0 Å². The number of rotatable bonds is 8. The van der Waals surface area contributed by atoms with Crippen LogP contribution >= 0.6 is 23.2 Å². The molecular formula is C25H30Cl2N2O4. The maximum absolute atomic E-state index is 12.7. The highest BCUT2D eigenvalue weighted by Gasteiger charge is 2.55. The molecular weight excluding hydrogens is 463 g/mol. The SMILES string of the molecule is O=C(COC1C=CC(Cl)=C(Cl)C1)N[C@@H]1CC1(Cc1ccc2c(c1)OCCO2)CN1CCCC1. The van der Waals surface area contributed by atoms with E-state index >= 15 is 0 Å². The third-order valence-corrected chi connectivity index (χ3v) is 7.76. The van der Waals surface area contributed by atoms with Gasteiger partial charge in [-0.1, -0.05) is 35.3 Å². The summed E-state index contributed by atoms with van der Waals surface area (Å²) in [6.07, 6.45) is 8.21. The van der Waals surface area contributed by atoms with E-state index in [-0.39, 0.29) is 30.1 Å². The van der Waals surface area contributed by atoms with Crippen LogP contribution in [0.15, 0.2) is 40.4 Å². The fraction of sp³-hybridized carbons (Fsp3) is 0.560. The summed E-state index contributed by atoms with van der Waals surface area (Å²) >= 11 is 12.1. The Morgan fingerprint density at radius 1 is 1.18 bits per heavy atom. The van der Waals surface area contributed by atoms with Crippen LogP contribution in [0.25, 0.3) is 0 Å². The number of allylic oxidation sites excluding steroid dienone is 2. The van der Waals surface area contributed by atoms with E-state index in [1.165, 1.54) is 18.4 Å². The molecule has 178 valence electrons. The molecule has 2 fully saturated rings. The molecule has 1 N–H and O–H groups in total. The Labute approximate surface area is 204 Å². The molecule has 0 bridgehead atoms. The van der Waals surface area contributed by atoms with Crippen molar-refractivity contribution in [3.63, 3.8) is 0 Å². The van der Waals surface area contributed by atoms with Gasteiger partial charge in [-0.25, -0.2) is 0 Å². The predicted molar refractivity (Wildman–Crippen MR) is 128 cm³/mol. The Balaban J connectivity index is 1.20. The first-order chi connectivity index (χ1) is 16.0. The second-order valence-electron chi connectivity index (χ2n) is 9.49. The van der Waals surface area contributed by atoms with E-state index in [0.29, 0.717) is 29.7 Å². The molecule has 2 heterocycles. The minimum atomic E-state index is -0.225. The molecule has 0 radical (unpaired) electrons. The lowest BCUT2D eigenvalue weighted by atomic mass is 9.94. The molecule has 1 aromatic carbocycles. The zero-order valence-corrected chi connectivity index (χ0v) is 20.2. The van der Waals surface area contributed by atoms with Crippen molar-refractivity contribution in [2.24, 2.45) is 5.41 Å². The van der Waals surface area contributed by atoms with Crippen LogP contribution in [0.1, 0.15) is 31.2 Å². The summed E-state index contributed by atoms with van der Waals surface area (Å²) in [6.45, 7) is 4.45. The molecule has 5 rings (SSSR count). The van der Waals surface area contributed by atoms with Gasteiger partial charge in [0.15, 0.2) is 11.5 Å². The molecule has 0 spiro atoms. The fourth-order valence-electron chi connectivity index (χ4n) is 5.13. The van der Waals surface area contributed by atoms with E-state index < -0.39 is 0 Å². The van der Waals surface area contributed by atoms with Crippen LogP contribution in [0, 0.1) is 5.41 Å². The van der Waals surface area contributed by atoms with Crippen molar-refractivity contribution in [3.8, 4) is 11.5 Å². The Kier molecular flexibility index (Phi) is 6.89. The van der Waals surface area contributed by atoms with Crippen molar-refractivity contribution in [2.75, 3.05) is 39.5 Å². The van der Waals surface area contributed by atoms with Crippen molar-refractivity contribution in [3.05, 3.63) is 46.0 Å². The summed E-state index contributed by atoms with van der Waals surface area (Å²) in [5.74, 6) is 1.54. The minimum absolute atomic E-state index is 0.0110. The number of likely N-dealkylation sites (tertiary alicyclic amines) is 1. The zero-order valence-electron chi connectivity index (χ0n) is 18.7. The van der Waals surface area contributed by atoms with Gasteiger partial charge in [-0.05, 0) is 62.5 Å². The van der Waals surface area contributed by atoms with E-state index in [0.717, 1.165) is 44.0 Å². The predicted octanol–water partition coefficient (Wildman–Crippen LogP) is 4.01. The molecule has 1 saturated carbocycles. The van der Waals surface area contributed by atoms with E-state index in [9.17, 15) is 4.79 Å². The molecule has 1 saturated heterocycles. The van der Waals surface area contributed by atoms with Crippen molar-refractivity contribution in [2.45, 2.75) is 44.2 Å². The van der Waals surface area contributed by atoms with Crippen LogP contribution in [0.2, 0.25) is 0 Å². The third-order valence-electron chi connectivity index (χ3n) is 6.95. The van der Waals surface area contributed by atoms with Crippen molar-refractivity contribution in [1.82, 2.24) is 10.2 Å². The van der Waals surface area contributed by atoms with Crippen molar-refractivity contribution in [1.29, 1.82) is 0 Å². The normalized spacial score (nSPS) is 28.8. The molecule has 4 aliphatic rings. The Bertz CT molecular complexity index is 960. The second-order valence-corrected chi connectivity index (χ2v) is 10.4. The van der Waals surface area contributed by atoms with Gasteiger partial charge in [-0.2, -0.15) is 0 Å².